The Morgan fingerprint density at radius 3 is 2.08 bits per heavy atom. The first-order valence-corrected chi connectivity index (χ1v) is 10.4. The summed E-state index contributed by atoms with van der Waals surface area (Å²) in [4.78, 5) is 27.6. The van der Waals surface area contributed by atoms with Crippen molar-refractivity contribution in [2.24, 2.45) is 29.1 Å². The number of hydrogen-bond donors (Lipinski definition) is 2. The van der Waals surface area contributed by atoms with Crippen LogP contribution in [0.15, 0.2) is 0 Å². The highest BCUT2D eigenvalue weighted by Crippen LogP contribution is 2.60. The number of nitrogens with zero attached hydrogens (tertiary/aromatic N) is 1. The molecule has 0 aromatic rings. The Balaban J connectivity index is 1.27. The van der Waals surface area contributed by atoms with E-state index < -0.39 is 0 Å². The van der Waals surface area contributed by atoms with Gasteiger partial charge >= 0.3 is 0 Å². The molecule has 4 aliphatic carbocycles. The Morgan fingerprint density at radius 1 is 0.960 bits per heavy atom. The number of nitrogens with one attached hydrogen (secondary N) is 2. The molecule has 1 atom stereocenters. The van der Waals surface area contributed by atoms with E-state index in [9.17, 15) is 9.59 Å². The Bertz CT molecular complexity index is 492. The monoisotopic (exact) mass is 347 g/mol. The van der Waals surface area contributed by atoms with E-state index in [0.717, 1.165) is 56.7 Å². The Kier molecular flexibility index (Phi) is 4.78. The molecule has 4 bridgehead atoms. The molecule has 0 unspecified atom stereocenters. The standard InChI is InChI=1S/C20H33N3O2/c1-14(13-23-5-3-2-4-6-23)18(24)21-22-19(25)20-10-15-7-16(11-20)9-17(8-15)12-20/h14-17H,2-13H2,1H3,(H,21,24)(H,22,25)/t14-,15?,16?,17?,20?/m1/s1. The summed E-state index contributed by atoms with van der Waals surface area (Å²) in [7, 11) is 0. The summed E-state index contributed by atoms with van der Waals surface area (Å²) in [6.45, 7) is 4.94. The zero-order valence-electron chi connectivity index (χ0n) is 15.6. The van der Waals surface area contributed by atoms with Crippen LogP contribution in [0.25, 0.3) is 0 Å². The smallest absolute Gasteiger partial charge is 0.244 e. The molecule has 0 radical (unpaired) electrons. The maximum atomic E-state index is 12.9. The minimum Gasteiger partial charge on any atom is -0.303 e. The second-order valence-electron chi connectivity index (χ2n) is 9.40. The molecule has 140 valence electrons. The number of carbonyl (C=O) groups is 2. The molecule has 0 aromatic carbocycles. The van der Waals surface area contributed by atoms with Crippen molar-refractivity contribution in [1.82, 2.24) is 15.8 Å². The number of amides is 2. The van der Waals surface area contributed by atoms with Gasteiger partial charge in [-0.2, -0.15) is 0 Å². The van der Waals surface area contributed by atoms with Crippen LogP contribution in [0.2, 0.25) is 0 Å². The number of piperidine rings is 1. The molecule has 0 aromatic heterocycles. The van der Waals surface area contributed by atoms with Gasteiger partial charge in [-0.1, -0.05) is 13.3 Å². The zero-order valence-corrected chi connectivity index (χ0v) is 15.6. The van der Waals surface area contributed by atoms with Crippen molar-refractivity contribution >= 4 is 11.8 Å². The summed E-state index contributed by atoms with van der Waals surface area (Å²) in [6.07, 6.45) is 10.8. The highest BCUT2D eigenvalue weighted by molar-refractivity contribution is 5.86. The van der Waals surface area contributed by atoms with Crippen molar-refractivity contribution < 1.29 is 9.59 Å². The largest absolute Gasteiger partial charge is 0.303 e. The van der Waals surface area contributed by atoms with E-state index in [1.54, 1.807) is 0 Å². The van der Waals surface area contributed by atoms with E-state index in [4.69, 9.17) is 0 Å². The molecule has 5 nitrogen and oxygen atoms in total. The molecule has 1 saturated heterocycles. The fourth-order valence-corrected chi connectivity index (χ4v) is 6.38. The summed E-state index contributed by atoms with van der Waals surface area (Å²) in [6, 6.07) is 0. The summed E-state index contributed by atoms with van der Waals surface area (Å²) in [5, 5.41) is 0. The van der Waals surface area contributed by atoms with Crippen LogP contribution in [0.1, 0.15) is 64.7 Å². The third-order valence-corrected chi connectivity index (χ3v) is 7.25. The lowest BCUT2D eigenvalue weighted by atomic mass is 9.49. The lowest BCUT2D eigenvalue weighted by Gasteiger charge is -2.55. The third-order valence-electron chi connectivity index (χ3n) is 7.25. The van der Waals surface area contributed by atoms with Gasteiger partial charge in [0, 0.05) is 12.5 Å². The summed E-state index contributed by atoms with van der Waals surface area (Å²) >= 11 is 0. The first kappa shape index (κ1) is 17.3. The van der Waals surface area contributed by atoms with Crippen molar-refractivity contribution in [3.8, 4) is 0 Å². The van der Waals surface area contributed by atoms with Gasteiger partial charge in [0.05, 0.1) is 5.41 Å². The molecule has 0 spiro atoms. The fraction of sp³-hybridized carbons (Fsp3) is 0.900. The fourth-order valence-electron chi connectivity index (χ4n) is 6.38. The quantitative estimate of drug-likeness (QED) is 0.768. The highest BCUT2D eigenvalue weighted by atomic mass is 16.2. The number of carbonyl (C=O) groups excluding carboxylic acids is 2. The molecule has 5 rings (SSSR count). The zero-order chi connectivity index (χ0) is 17.4. The van der Waals surface area contributed by atoms with Crippen LogP contribution in [-0.2, 0) is 9.59 Å². The van der Waals surface area contributed by atoms with E-state index in [1.807, 2.05) is 6.92 Å². The minimum atomic E-state index is -0.196. The molecular weight excluding hydrogens is 314 g/mol. The number of hydrogen-bond acceptors (Lipinski definition) is 3. The third kappa shape index (κ3) is 3.57. The lowest BCUT2D eigenvalue weighted by Crippen LogP contribution is -2.57. The van der Waals surface area contributed by atoms with Crippen molar-refractivity contribution in [3.63, 3.8) is 0 Å². The molecular formula is C20H33N3O2. The maximum Gasteiger partial charge on any atom is 0.244 e. The molecule has 1 heterocycles. The normalized spacial score (nSPS) is 38.4. The van der Waals surface area contributed by atoms with Gasteiger partial charge < -0.3 is 4.90 Å². The van der Waals surface area contributed by atoms with Gasteiger partial charge in [-0.3, -0.25) is 20.4 Å². The predicted molar refractivity (Wildman–Crippen MR) is 96.3 cm³/mol. The number of rotatable bonds is 4. The molecule has 4 saturated carbocycles. The Morgan fingerprint density at radius 2 is 1.52 bits per heavy atom. The van der Waals surface area contributed by atoms with E-state index in [2.05, 4.69) is 15.8 Å². The van der Waals surface area contributed by atoms with Crippen molar-refractivity contribution in [2.75, 3.05) is 19.6 Å². The summed E-state index contributed by atoms with van der Waals surface area (Å²) in [5.74, 6) is 2.16. The average Bonchev–Trinajstić information content (AvgIpc) is 2.59. The maximum absolute atomic E-state index is 12.9. The van der Waals surface area contributed by atoms with Crippen LogP contribution < -0.4 is 10.9 Å². The Hall–Kier alpha value is -1.10. The molecule has 5 fully saturated rings. The summed E-state index contributed by atoms with van der Waals surface area (Å²) < 4.78 is 0. The van der Waals surface area contributed by atoms with Gasteiger partial charge in [0.1, 0.15) is 0 Å². The molecule has 1 aliphatic heterocycles. The van der Waals surface area contributed by atoms with Crippen LogP contribution in [0.3, 0.4) is 0 Å². The van der Waals surface area contributed by atoms with E-state index >= 15 is 0 Å². The topological polar surface area (TPSA) is 61.4 Å². The first-order valence-electron chi connectivity index (χ1n) is 10.4. The second kappa shape index (κ2) is 6.90. The van der Waals surface area contributed by atoms with Gasteiger partial charge in [-0.15, -0.1) is 0 Å². The first-order chi connectivity index (χ1) is 12.0. The summed E-state index contributed by atoms with van der Waals surface area (Å²) in [5.41, 5.74) is 5.34. The van der Waals surface area contributed by atoms with Crippen LogP contribution >= 0.6 is 0 Å². The number of likely N-dealkylation sites (tertiary alicyclic amines) is 1. The SMILES string of the molecule is C[C@H](CN1CCCCC1)C(=O)NNC(=O)C12CC3CC(CC(C3)C1)C2. The van der Waals surface area contributed by atoms with Crippen LogP contribution in [0, 0.1) is 29.1 Å². The minimum absolute atomic E-state index is 0.0522. The van der Waals surface area contributed by atoms with E-state index in [0.29, 0.717) is 0 Å². The molecule has 25 heavy (non-hydrogen) atoms. The van der Waals surface area contributed by atoms with Gasteiger partial charge in [0.2, 0.25) is 11.8 Å². The van der Waals surface area contributed by atoms with Crippen molar-refractivity contribution in [1.29, 1.82) is 0 Å². The molecule has 2 amide bonds. The average molecular weight is 348 g/mol. The van der Waals surface area contributed by atoms with Gasteiger partial charge in [-0.05, 0) is 82.2 Å². The van der Waals surface area contributed by atoms with Crippen LogP contribution in [0.5, 0.6) is 0 Å². The second-order valence-corrected chi connectivity index (χ2v) is 9.40. The van der Waals surface area contributed by atoms with Crippen molar-refractivity contribution in [2.45, 2.75) is 64.7 Å². The molecule has 5 aliphatic rings. The van der Waals surface area contributed by atoms with Crippen molar-refractivity contribution in [3.05, 3.63) is 0 Å². The van der Waals surface area contributed by atoms with E-state index in [-0.39, 0.29) is 23.1 Å². The lowest BCUT2D eigenvalue weighted by molar-refractivity contribution is -0.149. The van der Waals surface area contributed by atoms with E-state index in [1.165, 1.54) is 38.5 Å². The Labute approximate surface area is 151 Å². The van der Waals surface area contributed by atoms with Gasteiger partial charge in [0.25, 0.3) is 0 Å². The van der Waals surface area contributed by atoms with Crippen LogP contribution in [0.4, 0.5) is 0 Å². The molecule has 2 N–H and O–H groups in total. The highest BCUT2D eigenvalue weighted by Gasteiger charge is 2.54. The predicted octanol–water partition coefficient (Wildman–Crippen LogP) is 2.47. The number of hydrazine groups is 1. The van der Waals surface area contributed by atoms with Crippen LogP contribution in [-0.4, -0.2) is 36.3 Å². The van der Waals surface area contributed by atoms with Gasteiger partial charge in [-0.25, -0.2) is 0 Å². The molecule has 5 heteroatoms. The van der Waals surface area contributed by atoms with Gasteiger partial charge in [0.15, 0.2) is 0 Å².